The maximum absolute atomic E-state index is 13.0. The molecule has 4 aromatic rings. The third-order valence-electron chi connectivity index (χ3n) is 5.72. The Morgan fingerprint density at radius 3 is 2.58 bits per heavy atom. The predicted molar refractivity (Wildman–Crippen MR) is 121 cm³/mol. The minimum atomic E-state index is -4.29. The van der Waals surface area contributed by atoms with Crippen LogP contribution in [0.3, 0.4) is 0 Å². The minimum absolute atomic E-state index is 0.256. The van der Waals surface area contributed by atoms with Crippen LogP contribution in [0.15, 0.2) is 42.6 Å². The number of H-pyrrole nitrogens is 1. The molecule has 3 aromatic heterocycles. The van der Waals surface area contributed by atoms with Crippen molar-refractivity contribution in [3.63, 3.8) is 0 Å². The smallest absolute Gasteiger partial charge is 0.389 e. The van der Waals surface area contributed by atoms with Crippen LogP contribution < -0.4 is 5.73 Å². The standard InChI is InChI=1S/C24H23F3N6/c1-2-3-17-12-18(28)23-31-19(10-11-24(25,26)27)21(33(23)32-17)15-6-4-14(5-7-15)20-13-29-22(30-20)16-8-9-16/h2-7,12-13,16H,8-11,28H2,1H3,(H,29,30). The van der Waals surface area contributed by atoms with Crippen molar-refractivity contribution in [1.82, 2.24) is 24.6 Å². The Bertz CT molecular complexity index is 1330. The van der Waals surface area contributed by atoms with Crippen LogP contribution in [0, 0.1) is 0 Å². The van der Waals surface area contributed by atoms with Gasteiger partial charge in [-0.2, -0.15) is 18.3 Å². The molecule has 0 amide bonds. The number of nitrogen functional groups attached to an aromatic ring is 1. The highest BCUT2D eigenvalue weighted by molar-refractivity contribution is 5.76. The SMILES string of the molecule is CC=Cc1cc(N)c2nc(CCC(F)(F)F)c(-c3ccc(-c4cnc(C5CC5)[nH]4)cc3)n2n1. The quantitative estimate of drug-likeness (QED) is 0.389. The molecule has 0 saturated heterocycles. The Hall–Kier alpha value is -3.62. The first-order chi connectivity index (χ1) is 15.8. The number of hydrogen-bond donors (Lipinski definition) is 2. The maximum Gasteiger partial charge on any atom is 0.389 e. The van der Waals surface area contributed by atoms with E-state index in [-0.39, 0.29) is 6.42 Å². The van der Waals surface area contributed by atoms with Crippen LogP contribution in [0.1, 0.15) is 49.3 Å². The van der Waals surface area contributed by atoms with Gasteiger partial charge in [-0.3, -0.25) is 0 Å². The van der Waals surface area contributed by atoms with Crippen LogP contribution >= 0.6 is 0 Å². The van der Waals surface area contributed by atoms with Gasteiger partial charge in [-0.15, -0.1) is 0 Å². The van der Waals surface area contributed by atoms with E-state index in [9.17, 15) is 13.2 Å². The Balaban J connectivity index is 1.58. The first kappa shape index (κ1) is 21.2. The monoisotopic (exact) mass is 452 g/mol. The molecule has 9 heteroatoms. The third-order valence-corrected chi connectivity index (χ3v) is 5.72. The first-order valence-corrected chi connectivity index (χ1v) is 10.9. The third kappa shape index (κ3) is 4.35. The fourth-order valence-corrected chi connectivity index (χ4v) is 3.94. The number of benzene rings is 1. The lowest BCUT2D eigenvalue weighted by Crippen LogP contribution is -2.09. The second-order valence-electron chi connectivity index (χ2n) is 8.32. The average molecular weight is 452 g/mol. The number of anilines is 1. The van der Waals surface area contributed by atoms with Gasteiger partial charge in [0.2, 0.25) is 0 Å². The van der Waals surface area contributed by atoms with Crippen molar-refractivity contribution in [3.05, 3.63) is 59.8 Å². The molecule has 1 aromatic carbocycles. The van der Waals surface area contributed by atoms with E-state index < -0.39 is 12.6 Å². The minimum Gasteiger partial charge on any atom is -0.396 e. The van der Waals surface area contributed by atoms with Gasteiger partial charge in [0.15, 0.2) is 5.65 Å². The number of fused-ring (bicyclic) bond motifs is 1. The molecular formula is C24H23F3N6. The van der Waals surface area contributed by atoms with Crippen molar-refractivity contribution >= 4 is 17.4 Å². The summed E-state index contributed by atoms with van der Waals surface area (Å²) in [5.41, 5.74) is 10.9. The van der Waals surface area contributed by atoms with Crippen molar-refractivity contribution in [2.45, 2.75) is 44.7 Å². The summed E-state index contributed by atoms with van der Waals surface area (Å²) in [4.78, 5) is 12.3. The van der Waals surface area contributed by atoms with E-state index in [4.69, 9.17) is 5.73 Å². The van der Waals surface area contributed by atoms with E-state index >= 15 is 0 Å². The fraction of sp³-hybridized carbons (Fsp3) is 0.292. The molecule has 1 fully saturated rings. The summed E-state index contributed by atoms with van der Waals surface area (Å²) in [7, 11) is 0. The molecule has 0 spiro atoms. The highest BCUT2D eigenvalue weighted by Crippen LogP contribution is 2.39. The van der Waals surface area contributed by atoms with Gasteiger partial charge >= 0.3 is 6.18 Å². The molecule has 0 bridgehead atoms. The van der Waals surface area contributed by atoms with Crippen LogP contribution in [0.4, 0.5) is 18.9 Å². The number of hydrogen-bond acceptors (Lipinski definition) is 4. The molecule has 5 rings (SSSR count). The highest BCUT2D eigenvalue weighted by Gasteiger charge is 2.29. The zero-order valence-corrected chi connectivity index (χ0v) is 18.0. The zero-order valence-electron chi connectivity index (χ0n) is 18.0. The number of allylic oxidation sites excluding steroid dienone is 1. The highest BCUT2D eigenvalue weighted by atomic mass is 19.4. The van der Waals surface area contributed by atoms with E-state index in [1.54, 1.807) is 16.7 Å². The van der Waals surface area contributed by atoms with Crippen LogP contribution in [-0.2, 0) is 6.42 Å². The maximum atomic E-state index is 13.0. The summed E-state index contributed by atoms with van der Waals surface area (Å²) in [6.45, 7) is 1.86. The van der Waals surface area contributed by atoms with Gasteiger partial charge in [-0.25, -0.2) is 14.5 Å². The molecule has 6 nitrogen and oxygen atoms in total. The van der Waals surface area contributed by atoms with Crippen molar-refractivity contribution in [1.29, 1.82) is 0 Å². The van der Waals surface area contributed by atoms with E-state index in [0.717, 1.165) is 35.5 Å². The van der Waals surface area contributed by atoms with Gasteiger partial charge in [0.25, 0.3) is 0 Å². The molecule has 1 saturated carbocycles. The van der Waals surface area contributed by atoms with Crippen LogP contribution in [0.2, 0.25) is 0 Å². The predicted octanol–water partition coefficient (Wildman–Crippen LogP) is 5.77. The molecule has 0 atom stereocenters. The molecule has 0 unspecified atom stereocenters. The van der Waals surface area contributed by atoms with E-state index in [1.807, 2.05) is 43.5 Å². The summed E-state index contributed by atoms with van der Waals surface area (Å²) in [6, 6.07) is 9.25. The van der Waals surface area contributed by atoms with Crippen LogP contribution in [0.5, 0.6) is 0 Å². The van der Waals surface area contributed by atoms with Crippen molar-refractivity contribution in [3.8, 4) is 22.5 Å². The number of aryl methyl sites for hydroxylation is 1. The number of nitrogens with zero attached hydrogens (tertiary/aromatic N) is 4. The van der Waals surface area contributed by atoms with Gasteiger partial charge in [-0.05, 0) is 37.5 Å². The van der Waals surface area contributed by atoms with Gasteiger partial charge < -0.3 is 10.7 Å². The second kappa shape index (κ2) is 8.06. The number of aromatic nitrogens is 5. The van der Waals surface area contributed by atoms with E-state index in [0.29, 0.717) is 34.3 Å². The number of nitrogens with two attached hydrogens (primary N) is 1. The molecule has 33 heavy (non-hydrogen) atoms. The number of aromatic amines is 1. The Morgan fingerprint density at radius 2 is 1.91 bits per heavy atom. The normalized spacial score (nSPS) is 14.5. The van der Waals surface area contributed by atoms with Crippen molar-refractivity contribution in [2.24, 2.45) is 0 Å². The van der Waals surface area contributed by atoms with Gasteiger partial charge in [-0.1, -0.05) is 30.3 Å². The van der Waals surface area contributed by atoms with Gasteiger partial charge in [0.1, 0.15) is 5.82 Å². The molecule has 0 radical (unpaired) electrons. The van der Waals surface area contributed by atoms with Crippen molar-refractivity contribution < 1.29 is 13.2 Å². The van der Waals surface area contributed by atoms with Crippen LogP contribution in [-0.4, -0.2) is 30.7 Å². The van der Waals surface area contributed by atoms with Crippen LogP contribution in [0.25, 0.3) is 34.2 Å². The van der Waals surface area contributed by atoms with E-state index in [1.165, 1.54) is 0 Å². The fourth-order valence-electron chi connectivity index (χ4n) is 3.94. The summed E-state index contributed by atoms with van der Waals surface area (Å²) >= 11 is 0. The number of alkyl halides is 3. The second-order valence-corrected chi connectivity index (χ2v) is 8.32. The lowest BCUT2D eigenvalue weighted by Gasteiger charge is -2.08. The van der Waals surface area contributed by atoms with Gasteiger partial charge in [0, 0.05) is 24.3 Å². The molecule has 3 heterocycles. The summed E-state index contributed by atoms with van der Waals surface area (Å²) < 4.78 is 40.5. The van der Waals surface area contributed by atoms with E-state index in [2.05, 4.69) is 20.1 Å². The Kier molecular flexibility index (Phi) is 5.19. The van der Waals surface area contributed by atoms with Crippen molar-refractivity contribution in [2.75, 3.05) is 5.73 Å². The number of nitrogens with one attached hydrogen (secondary N) is 1. The first-order valence-electron chi connectivity index (χ1n) is 10.9. The summed E-state index contributed by atoms with van der Waals surface area (Å²) in [5.74, 6) is 1.52. The number of halogens is 3. The molecule has 170 valence electrons. The molecule has 3 N–H and O–H groups in total. The number of imidazole rings is 2. The largest absolute Gasteiger partial charge is 0.396 e. The molecule has 1 aliphatic rings. The van der Waals surface area contributed by atoms with Gasteiger partial charge in [0.05, 0.1) is 34.7 Å². The molecule has 1 aliphatic carbocycles. The summed E-state index contributed by atoms with van der Waals surface area (Å²) in [6.07, 6.45) is 2.23. The lowest BCUT2D eigenvalue weighted by atomic mass is 10.0. The topological polar surface area (TPSA) is 84.9 Å². The number of rotatable bonds is 6. The molecule has 0 aliphatic heterocycles. The lowest BCUT2D eigenvalue weighted by molar-refractivity contribution is -0.134. The zero-order chi connectivity index (χ0) is 23.2. The molecular weight excluding hydrogens is 429 g/mol. The summed E-state index contributed by atoms with van der Waals surface area (Å²) in [5, 5.41) is 4.57. The average Bonchev–Trinajstić information content (AvgIpc) is 3.38. The Morgan fingerprint density at radius 1 is 1.18 bits per heavy atom. The Labute approximate surface area is 188 Å².